The summed E-state index contributed by atoms with van der Waals surface area (Å²) in [4.78, 5) is 14.1. The van der Waals surface area contributed by atoms with Crippen LogP contribution in [0.15, 0.2) is 18.2 Å². The van der Waals surface area contributed by atoms with Crippen LogP contribution in [0.3, 0.4) is 0 Å². The predicted molar refractivity (Wildman–Crippen MR) is 85.2 cm³/mol. The molecule has 126 valence electrons. The lowest BCUT2D eigenvalue weighted by Gasteiger charge is -2.32. The highest BCUT2D eigenvalue weighted by atomic mass is 19.1. The molecule has 2 fully saturated rings. The first-order valence-corrected chi connectivity index (χ1v) is 8.30. The Kier molecular flexibility index (Phi) is 5.23. The molecular formula is C17H23F2N3O. The van der Waals surface area contributed by atoms with Crippen LogP contribution in [-0.4, -0.2) is 43.0 Å². The number of likely N-dealkylation sites (tertiary alicyclic amines) is 1. The fraction of sp³-hybridized carbons (Fsp3) is 0.588. The summed E-state index contributed by atoms with van der Waals surface area (Å²) in [6.45, 7) is 3.12. The van der Waals surface area contributed by atoms with E-state index in [1.54, 1.807) is 0 Å². The largest absolute Gasteiger partial charge is 0.325 e. The van der Waals surface area contributed by atoms with E-state index in [1.165, 1.54) is 12.8 Å². The SMILES string of the molecule is O=C(CN1CCC(NCC2CC2)CC1)Nc1cc(F)cc(F)c1. The minimum Gasteiger partial charge on any atom is -0.325 e. The summed E-state index contributed by atoms with van der Waals surface area (Å²) in [7, 11) is 0. The molecule has 4 nitrogen and oxygen atoms in total. The van der Waals surface area contributed by atoms with E-state index < -0.39 is 11.6 Å². The predicted octanol–water partition coefficient (Wildman–Crippen LogP) is 2.37. The van der Waals surface area contributed by atoms with Gasteiger partial charge in [0.05, 0.1) is 6.54 Å². The molecule has 1 saturated heterocycles. The molecule has 1 aliphatic carbocycles. The fourth-order valence-electron chi connectivity index (χ4n) is 2.98. The molecule has 6 heteroatoms. The number of carbonyl (C=O) groups excluding carboxylic acids is 1. The second-order valence-corrected chi connectivity index (χ2v) is 6.61. The summed E-state index contributed by atoms with van der Waals surface area (Å²) in [6, 6.07) is 3.58. The third-order valence-corrected chi connectivity index (χ3v) is 4.49. The maximum atomic E-state index is 13.1. The van der Waals surface area contributed by atoms with Crippen LogP contribution in [0.5, 0.6) is 0 Å². The first-order valence-electron chi connectivity index (χ1n) is 8.30. The van der Waals surface area contributed by atoms with E-state index in [2.05, 4.69) is 15.5 Å². The number of piperidine rings is 1. The number of carbonyl (C=O) groups is 1. The van der Waals surface area contributed by atoms with Crippen molar-refractivity contribution in [2.45, 2.75) is 31.7 Å². The van der Waals surface area contributed by atoms with Crippen molar-refractivity contribution >= 4 is 11.6 Å². The maximum absolute atomic E-state index is 13.1. The van der Waals surface area contributed by atoms with E-state index in [4.69, 9.17) is 0 Å². The van der Waals surface area contributed by atoms with Gasteiger partial charge in [0, 0.05) is 30.9 Å². The van der Waals surface area contributed by atoms with E-state index in [9.17, 15) is 13.6 Å². The van der Waals surface area contributed by atoms with Gasteiger partial charge in [-0.3, -0.25) is 9.69 Å². The van der Waals surface area contributed by atoms with Gasteiger partial charge < -0.3 is 10.6 Å². The quantitative estimate of drug-likeness (QED) is 0.845. The van der Waals surface area contributed by atoms with Crippen LogP contribution in [-0.2, 0) is 4.79 Å². The molecule has 1 aromatic rings. The molecule has 0 unspecified atom stereocenters. The van der Waals surface area contributed by atoms with Gasteiger partial charge in [0.25, 0.3) is 0 Å². The second-order valence-electron chi connectivity index (χ2n) is 6.61. The Bertz CT molecular complexity index is 535. The summed E-state index contributed by atoms with van der Waals surface area (Å²) in [6.07, 6.45) is 4.78. The number of rotatable bonds is 6. The molecule has 0 atom stereocenters. The first-order chi connectivity index (χ1) is 11.1. The Hall–Kier alpha value is -1.53. The number of hydrogen-bond donors (Lipinski definition) is 2. The van der Waals surface area contributed by atoms with Crippen LogP contribution in [0.2, 0.25) is 0 Å². The van der Waals surface area contributed by atoms with Crippen LogP contribution in [0.4, 0.5) is 14.5 Å². The zero-order valence-electron chi connectivity index (χ0n) is 13.2. The van der Waals surface area contributed by atoms with E-state index in [0.29, 0.717) is 6.04 Å². The molecule has 0 radical (unpaired) electrons. The molecule has 1 aromatic carbocycles. The molecule has 2 N–H and O–H groups in total. The van der Waals surface area contributed by atoms with E-state index in [1.807, 2.05) is 0 Å². The number of benzene rings is 1. The van der Waals surface area contributed by atoms with Gasteiger partial charge >= 0.3 is 0 Å². The molecule has 2 aliphatic rings. The third-order valence-electron chi connectivity index (χ3n) is 4.49. The van der Waals surface area contributed by atoms with Gasteiger partial charge in [0.2, 0.25) is 5.91 Å². The topological polar surface area (TPSA) is 44.4 Å². The van der Waals surface area contributed by atoms with Crippen molar-refractivity contribution in [3.05, 3.63) is 29.8 Å². The lowest BCUT2D eigenvalue weighted by Crippen LogP contribution is -2.45. The van der Waals surface area contributed by atoms with E-state index in [0.717, 1.165) is 56.6 Å². The van der Waals surface area contributed by atoms with Crippen molar-refractivity contribution in [1.82, 2.24) is 10.2 Å². The first kappa shape index (κ1) is 16.3. The molecule has 0 bridgehead atoms. The number of amides is 1. The normalized spacial score (nSPS) is 19.7. The van der Waals surface area contributed by atoms with Crippen molar-refractivity contribution in [2.24, 2.45) is 5.92 Å². The Balaban J connectivity index is 1.40. The fourth-order valence-corrected chi connectivity index (χ4v) is 2.98. The maximum Gasteiger partial charge on any atom is 0.238 e. The average molecular weight is 323 g/mol. The van der Waals surface area contributed by atoms with Crippen LogP contribution >= 0.6 is 0 Å². The van der Waals surface area contributed by atoms with Crippen LogP contribution in [0.25, 0.3) is 0 Å². The number of nitrogens with one attached hydrogen (secondary N) is 2. The third kappa shape index (κ3) is 5.25. The minimum absolute atomic E-state index is 0.161. The molecule has 23 heavy (non-hydrogen) atoms. The highest BCUT2D eigenvalue weighted by Crippen LogP contribution is 2.28. The van der Waals surface area contributed by atoms with Crippen molar-refractivity contribution in [3.8, 4) is 0 Å². The van der Waals surface area contributed by atoms with Crippen molar-refractivity contribution in [2.75, 3.05) is 31.5 Å². The zero-order chi connectivity index (χ0) is 16.2. The van der Waals surface area contributed by atoms with E-state index >= 15 is 0 Å². The molecule has 3 rings (SSSR count). The summed E-state index contributed by atoms with van der Waals surface area (Å²) in [5.41, 5.74) is 0.161. The summed E-state index contributed by atoms with van der Waals surface area (Å²) in [5.74, 6) is -0.740. The van der Waals surface area contributed by atoms with Crippen molar-refractivity contribution in [1.29, 1.82) is 0 Å². The Morgan fingerprint density at radius 2 is 1.74 bits per heavy atom. The Labute approximate surface area is 135 Å². The number of nitrogens with zero attached hydrogens (tertiary/aromatic N) is 1. The van der Waals surface area contributed by atoms with Crippen LogP contribution < -0.4 is 10.6 Å². The van der Waals surface area contributed by atoms with Crippen LogP contribution in [0, 0.1) is 17.6 Å². The van der Waals surface area contributed by atoms with Gasteiger partial charge in [0.15, 0.2) is 0 Å². The number of halogens is 2. The minimum atomic E-state index is -0.692. The highest BCUT2D eigenvalue weighted by Gasteiger charge is 2.25. The summed E-state index contributed by atoms with van der Waals surface area (Å²) >= 11 is 0. The number of anilines is 1. The van der Waals surface area contributed by atoms with Gasteiger partial charge in [-0.05, 0) is 50.3 Å². The van der Waals surface area contributed by atoms with E-state index in [-0.39, 0.29) is 18.1 Å². The van der Waals surface area contributed by atoms with Crippen molar-refractivity contribution in [3.63, 3.8) is 0 Å². The van der Waals surface area contributed by atoms with Crippen molar-refractivity contribution < 1.29 is 13.6 Å². The Morgan fingerprint density at radius 1 is 1.09 bits per heavy atom. The molecule has 1 amide bonds. The van der Waals surface area contributed by atoms with Gasteiger partial charge in [0.1, 0.15) is 11.6 Å². The average Bonchev–Trinajstić information content (AvgIpc) is 3.29. The second kappa shape index (κ2) is 7.36. The molecular weight excluding hydrogens is 300 g/mol. The van der Waals surface area contributed by atoms with Gasteiger partial charge in [-0.1, -0.05) is 0 Å². The van der Waals surface area contributed by atoms with Gasteiger partial charge in [-0.15, -0.1) is 0 Å². The molecule has 1 saturated carbocycles. The van der Waals surface area contributed by atoms with Gasteiger partial charge in [-0.2, -0.15) is 0 Å². The monoisotopic (exact) mass is 323 g/mol. The zero-order valence-corrected chi connectivity index (χ0v) is 13.2. The smallest absolute Gasteiger partial charge is 0.238 e. The summed E-state index contributed by atoms with van der Waals surface area (Å²) < 4.78 is 26.2. The lowest BCUT2D eigenvalue weighted by atomic mass is 10.0. The van der Waals surface area contributed by atoms with Crippen LogP contribution in [0.1, 0.15) is 25.7 Å². The standard InChI is InChI=1S/C17H23F2N3O/c18-13-7-14(19)9-16(8-13)21-17(23)11-22-5-3-15(4-6-22)20-10-12-1-2-12/h7-9,12,15,20H,1-6,10-11H2,(H,21,23). The molecule has 1 heterocycles. The highest BCUT2D eigenvalue weighted by molar-refractivity contribution is 5.92. The molecule has 1 aliphatic heterocycles. The Morgan fingerprint density at radius 3 is 2.35 bits per heavy atom. The van der Waals surface area contributed by atoms with Gasteiger partial charge in [-0.25, -0.2) is 8.78 Å². The summed E-state index contributed by atoms with van der Waals surface area (Å²) in [5, 5.41) is 6.15. The molecule has 0 aromatic heterocycles. The molecule has 0 spiro atoms. The number of hydrogen-bond acceptors (Lipinski definition) is 3. The lowest BCUT2D eigenvalue weighted by molar-refractivity contribution is -0.117.